The van der Waals surface area contributed by atoms with E-state index in [4.69, 9.17) is 49.0 Å². The largest absolute Gasteiger partial charge is 0.496 e. The van der Waals surface area contributed by atoms with Crippen molar-refractivity contribution in [1.29, 1.82) is 0 Å². The Kier molecular flexibility index (Phi) is 6.95. The highest BCUT2D eigenvalue weighted by Gasteiger charge is 2.26. The van der Waals surface area contributed by atoms with Crippen molar-refractivity contribution in [3.05, 3.63) is 69.7 Å². The molecule has 0 aliphatic heterocycles. The SMILES string of the molecule is COc1cc(Cl)ccc1P(c1ccc(Cl)cc1OC)c1ccc(Cl)cc1OC. The predicted molar refractivity (Wildman–Crippen MR) is 120 cm³/mol. The first-order valence-electron chi connectivity index (χ1n) is 8.29. The Morgan fingerprint density at radius 1 is 0.536 bits per heavy atom. The number of benzene rings is 3. The molecule has 0 fully saturated rings. The van der Waals surface area contributed by atoms with E-state index in [1.807, 2.05) is 36.4 Å². The molecule has 0 amide bonds. The monoisotopic (exact) mass is 454 g/mol. The summed E-state index contributed by atoms with van der Waals surface area (Å²) < 4.78 is 16.9. The lowest BCUT2D eigenvalue weighted by Gasteiger charge is -2.25. The fourth-order valence-electron chi connectivity index (χ4n) is 2.90. The molecule has 0 aromatic heterocycles. The minimum absolute atomic E-state index is 0.599. The lowest BCUT2D eigenvalue weighted by Crippen LogP contribution is -2.24. The van der Waals surface area contributed by atoms with Crippen molar-refractivity contribution in [2.45, 2.75) is 0 Å². The van der Waals surface area contributed by atoms with Gasteiger partial charge in [0.1, 0.15) is 17.2 Å². The standard InChI is InChI=1S/C21H18Cl3O3P/c1-25-16-10-13(22)4-7-19(16)28(20-8-5-14(23)11-17(20)26-2)21-9-6-15(24)12-18(21)27-3/h4-12H,1-3H3. The quantitative estimate of drug-likeness (QED) is 0.464. The van der Waals surface area contributed by atoms with E-state index in [1.165, 1.54) is 0 Å². The van der Waals surface area contributed by atoms with E-state index in [-0.39, 0.29) is 0 Å². The lowest BCUT2D eigenvalue weighted by molar-refractivity contribution is 0.417. The van der Waals surface area contributed by atoms with E-state index in [1.54, 1.807) is 39.5 Å². The van der Waals surface area contributed by atoms with Gasteiger partial charge in [0.05, 0.1) is 21.3 Å². The van der Waals surface area contributed by atoms with Crippen molar-refractivity contribution in [1.82, 2.24) is 0 Å². The highest BCUT2D eigenvalue weighted by Crippen LogP contribution is 2.43. The van der Waals surface area contributed by atoms with Gasteiger partial charge in [-0.2, -0.15) is 0 Å². The van der Waals surface area contributed by atoms with Gasteiger partial charge < -0.3 is 14.2 Å². The first-order valence-corrected chi connectivity index (χ1v) is 10.8. The molecule has 0 bridgehead atoms. The van der Waals surface area contributed by atoms with Crippen LogP contribution in [0.5, 0.6) is 17.2 Å². The Hall–Kier alpha value is -1.64. The van der Waals surface area contributed by atoms with Gasteiger partial charge in [0.25, 0.3) is 0 Å². The summed E-state index contributed by atoms with van der Waals surface area (Å²) in [5, 5.41) is 4.72. The molecule has 0 N–H and O–H groups in total. The summed E-state index contributed by atoms with van der Waals surface area (Å²) in [6, 6.07) is 16.8. The first kappa shape index (κ1) is 21.1. The van der Waals surface area contributed by atoms with Crippen molar-refractivity contribution < 1.29 is 14.2 Å². The zero-order valence-corrected chi connectivity index (χ0v) is 18.7. The van der Waals surface area contributed by atoms with Crippen LogP contribution in [0, 0.1) is 0 Å². The second-order valence-electron chi connectivity index (χ2n) is 5.78. The number of rotatable bonds is 6. The lowest BCUT2D eigenvalue weighted by atomic mass is 10.3. The van der Waals surface area contributed by atoms with Crippen molar-refractivity contribution in [2.24, 2.45) is 0 Å². The molecule has 0 saturated carbocycles. The average molecular weight is 456 g/mol. The first-order chi connectivity index (χ1) is 13.5. The van der Waals surface area contributed by atoms with Crippen molar-refractivity contribution >= 4 is 58.6 Å². The van der Waals surface area contributed by atoms with E-state index in [2.05, 4.69) is 0 Å². The maximum absolute atomic E-state index is 6.19. The molecule has 7 heteroatoms. The van der Waals surface area contributed by atoms with Crippen LogP contribution in [0.3, 0.4) is 0 Å². The Balaban J connectivity index is 2.33. The highest BCUT2D eigenvalue weighted by molar-refractivity contribution is 7.80. The molecular weight excluding hydrogens is 438 g/mol. The van der Waals surface area contributed by atoms with E-state index in [0.717, 1.165) is 15.9 Å². The molecule has 3 aromatic carbocycles. The van der Waals surface area contributed by atoms with Crippen molar-refractivity contribution in [2.75, 3.05) is 21.3 Å². The molecule has 3 aromatic rings. The molecule has 28 heavy (non-hydrogen) atoms. The van der Waals surface area contributed by atoms with Crippen molar-refractivity contribution in [3.63, 3.8) is 0 Å². The number of halogens is 3. The van der Waals surface area contributed by atoms with Crippen LogP contribution in [0.2, 0.25) is 15.1 Å². The second kappa shape index (κ2) is 9.24. The van der Waals surface area contributed by atoms with Gasteiger partial charge in [-0.25, -0.2) is 0 Å². The van der Waals surface area contributed by atoms with Crippen LogP contribution in [-0.2, 0) is 0 Å². The molecule has 3 nitrogen and oxygen atoms in total. The molecule has 0 aliphatic rings. The van der Waals surface area contributed by atoms with Crippen LogP contribution in [0.1, 0.15) is 0 Å². The third-order valence-corrected chi connectivity index (χ3v) is 7.41. The van der Waals surface area contributed by atoms with Gasteiger partial charge in [-0.3, -0.25) is 0 Å². The number of hydrogen-bond acceptors (Lipinski definition) is 3. The Morgan fingerprint density at radius 2 is 0.821 bits per heavy atom. The third-order valence-electron chi connectivity index (χ3n) is 4.15. The molecule has 0 atom stereocenters. The molecule has 3 rings (SSSR count). The van der Waals surface area contributed by atoms with Gasteiger partial charge in [-0.05, 0) is 62.5 Å². The summed E-state index contributed by atoms with van der Waals surface area (Å²) in [7, 11) is 3.76. The summed E-state index contributed by atoms with van der Waals surface area (Å²) in [6.45, 7) is 0. The minimum Gasteiger partial charge on any atom is -0.496 e. The minimum atomic E-state index is -1.11. The van der Waals surface area contributed by atoms with Gasteiger partial charge in [0.15, 0.2) is 0 Å². The van der Waals surface area contributed by atoms with E-state index in [0.29, 0.717) is 32.3 Å². The number of ether oxygens (including phenoxy) is 3. The van der Waals surface area contributed by atoms with Gasteiger partial charge in [-0.1, -0.05) is 34.8 Å². The summed E-state index contributed by atoms with van der Waals surface area (Å²) in [4.78, 5) is 0. The van der Waals surface area contributed by atoms with Crippen LogP contribution in [0.25, 0.3) is 0 Å². The second-order valence-corrected chi connectivity index (χ2v) is 9.21. The van der Waals surface area contributed by atoms with Crippen LogP contribution in [0.15, 0.2) is 54.6 Å². The molecule has 0 aliphatic carbocycles. The smallest absolute Gasteiger partial charge is 0.128 e. The molecule has 0 unspecified atom stereocenters. The third kappa shape index (κ3) is 4.34. The molecule has 146 valence electrons. The van der Waals surface area contributed by atoms with Crippen LogP contribution < -0.4 is 30.1 Å². The maximum Gasteiger partial charge on any atom is 0.128 e. The molecule has 0 radical (unpaired) electrons. The summed E-state index contributed by atoms with van der Waals surface area (Å²) in [6.07, 6.45) is 0. The predicted octanol–water partition coefficient (Wildman–Crippen LogP) is 5.43. The summed E-state index contributed by atoms with van der Waals surface area (Å²) in [5.74, 6) is 2.06. The fourth-order valence-corrected chi connectivity index (χ4v) is 5.96. The topological polar surface area (TPSA) is 27.7 Å². The molecular formula is C21H18Cl3O3P. The van der Waals surface area contributed by atoms with Crippen LogP contribution in [0.4, 0.5) is 0 Å². The van der Waals surface area contributed by atoms with Gasteiger partial charge in [-0.15, -0.1) is 0 Å². The Bertz CT molecular complexity index is 867. The average Bonchev–Trinajstić information content (AvgIpc) is 2.70. The van der Waals surface area contributed by atoms with Crippen LogP contribution in [-0.4, -0.2) is 21.3 Å². The maximum atomic E-state index is 6.19. The fraction of sp³-hybridized carbons (Fsp3) is 0.143. The van der Waals surface area contributed by atoms with Gasteiger partial charge in [0, 0.05) is 31.0 Å². The zero-order chi connectivity index (χ0) is 20.3. The molecule has 0 heterocycles. The van der Waals surface area contributed by atoms with Gasteiger partial charge >= 0.3 is 0 Å². The summed E-state index contributed by atoms with van der Waals surface area (Å²) in [5.41, 5.74) is 0. The van der Waals surface area contributed by atoms with E-state index in [9.17, 15) is 0 Å². The van der Waals surface area contributed by atoms with E-state index < -0.39 is 7.92 Å². The zero-order valence-electron chi connectivity index (χ0n) is 15.5. The van der Waals surface area contributed by atoms with Crippen LogP contribution >= 0.6 is 42.7 Å². The number of methoxy groups -OCH3 is 3. The van der Waals surface area contributed by atoms with Crippen molar-refractivity contribution in [3.8, 4) is 17.2 Å². The normalized spacial score (nSPS) is 10.8. The molecule has 0 spiro atoms. The Morgan fingerprint density at radius 3 is 1.07 bits per heavy atom. The summed E-state index contributed by atoms with van der Waals surface area (Å²) >= 11 is 18.6. The highest BCUT2D eigenvalue weighted by atomic mass is 35.5. The number of hydrogen-bond donors (Lipinski definition) is 0. The Labute approximate surface area is 180 Å². The van der Waals surface area contributed by atoms with E-state index >= 15 is 0 Å². The van der Waals surface area contributed by atoms with Gasteiger partial charge in [0.2, 0.25) is 0 Å². The molecule has 0 saturated heterocycles.